The lowest BCUT2D eigenvalue weighted by Crippen LogP contribution is -2.49. The Balaban J connectivity index is 2.29. The van der Waals surface area contributed by atoms with Crippen molar-refractivity contribution in [3.8, 4) is 0 Å². The topological polar surface area (TPSA) is 131 Å². The first-order valence-electron chi connectivity index (χ1n) is 8.37. The fraction of sp³-hybridized carbons (Fsp3) is 0.412. The third-order valence-corrected chi connectivity index (χ3v) is 4.83. The number of aryl methyl sites for hydroxylation is 1. The Morgan fingerprint density at radius 1 is 1.39 bits per heavy atom. The van der Waals surface area contributed by atoms with Gasteiger partial charge in [-0.25, -0.2) is 18.9 Å². The zero-order valence-corrected chi connectivity index (χ0v) is 16.0. The van der Waals surface area contributed by atoms with Crippen LogP contribution in [0.2, 0.25) is 0 Å². The van der Waals surface area contributed by atoms with Crippen molar-refractivity contribution in [3.05, 3.63) is 44.3 Å². The first-order valence-corrected chi connectivity index (χ1v) is 9.25. The molecule has 2 unspecified atom stereocenters. The Morgan fingerprint density at radius 3 is 2.64 bits per heavy atom. The van der Waals surface area contributed by atoms with E-state index < -0.39 is 41.9 Å². The number of rotatable bonds is 9. The van der Waals surface area contributed by atoms with Crippen molar-refractivity contribution in [2.75, 3.05) is 6.67 Å². The predicted octanol–water partition coefficient (Wildman–Crippen LogP) is 0.658. The second-order valence-electron chi connectivity index (χ2n) is 5.95. The van der Waals surface area contributed by atoms with Crippen molar-refractivity contribution in [1.82, 2.24) is 20.1 Å². The molecule has 0 saturated heterocycles. The van der Waals surface area contributed by atoms with Crippen molar-refractivity contribution in [2.24, 2.45) is 0 Å². The van der Waals surface area contributed by atoms with Crippen LogP contribution in [0.3, 0.4) is 0 Å². The summed E-state index contributed by atoms with van der Waals surface area (Å²) in [4.78, 5) is 52.1. The van der Waals surface area contributed by atoms with Crippen LogP contribution in [0.1, 0.15) is 35.5 Å². The standard InChI is InChI=1S/C17H19FN4O5S/c1-3-11(15(24)21-14(17(26)27)13(23)6-18)12-4-5-19-22(16(12)25)7-10-8-28-9(2)20-10/h4-5,8,11,14H,3,6-7H2,1-2H3,(H,21,24)(H,26,27). The molecule has 0 radical (unpaired) electrons. The van der Waals surface area contributed by atoms with E-state index in [1.165, 1.54) is 23.6 Å². The first kappa shape index (κ1) is 21.4. The number of carboxylic acids is 1. The average Bonchev–Trinajstić information content (AvgIpc) is 3.07. The molecule has 150 valence electrons. The molecule has 0 aliphatic carbocycles. The molecular weight excluding hydrogens is 391 g/mol. The minimum absolute atomic E-state index is 0.0961. The number of thiazole rings is 1. The van der Waals surface area contributed by atoms with E-state index in [9.17, 15) is 23.6 Å². The van der Waals surface area contributed by atoms with Gasteiger partial charge in [0.1, 0.15) is 0 Å². The van der Waals surface area contributed by atoms with Crippen molar-refractivity contribution >= 4 is 29.0 Å². The van der Waals surface area contributed by atoms with Gasteiger partial charge < -0.3 is 10.4 Å². The summed E-state index contributed by atoms with van der Waals surface area (Å²) in [5.41, 5.74) is 0.212. The minimum Gasteiger partial charge on any atom is -0.479 e. The van der Waals surface area contributed by atoms with Crippen LogP contribution in [0, 0.1) is 6.92 Å². The van der Waals surface area contributed by atoms with Crippen molar-refractivity contribution in [2.45, 2.75) is 38.8 Å². The van der Waals surface area contributed by atoms with Gasteiger partial charge in [-0.15, -0.1) is 11.3 Å². The number of Topliss-reactive ketones (excluding diaryl/α,β-unsaturated/α-hetero) is 1. The SMILES string of the molecule is CCC(C(=O)NC(C(=O)O)C(=O)CF)c1ccnn(Cc2csc(C)n2)c1=O. The van der Waals surface area contributed by atoms with Crippen LogP contribution in [-0.2, 0) is 20.9 Å². The lowest BCUT2D eigenvalue weighted by atomic mass is 9.96. The predicted molar refractivity (Wildman–Crippen MR) is 98.0 cm³/mol. The largest absolute Gasteiger partial charge is 0.479 e. The molecule has 0 fully saturated rings. The molecule has 2 heterocycles. The molecule has 28 heavy (non-hydrogen) atoms. The van der Waals surface area contributed by atoms with Crippen LogP contribution >= 0.6 is 11.3 Å². The van der Waals surface area contributed by atoms with Crippen LogP contribution in [0.15, 0.2) is 22.4 Å². The molecule has 1 amide bonds. The van der Waals surface area contributed by atoms with Crippen molar-refractivity contribution in [3.63, 3.8) is 0 Å². The smallest absolute Gasteiger partial charge is 0.334 e. The number of nitrogens with one attached hydrogen (secondary N) is 1. The highest BCUT2D eigenvalue weighted by molar-refractivity contribution is 7.09. The molecule has 0 aliphatic rings. The van der Waals surface area contributed by atoms with Gasteiger partial charge in [-0.2, -0.15) is 5.10 Å². The quantitative estimate of drug-likeness (QED) is 0.581. The summed E-state index contributed by atoms with van der Waals surface area (Å²) in [5.74, 6) is -4.82. The Kier molecular flexibility index (Phi) is 7.10. The van der Waals surface area contributed by atoms with Gasteiger partial charge in [-0.1, -0.05) is 6.92 Å². The number of nitrogens with zero attached hydrogens (tertiary/aromatic N) is 3. The number of aliphatic carboxylic acids is 1. The summed E-state index contributed by atoms with van der Waals surface area (Å²) in [5, 5.41) is 17.7. The number of aromatic nitrogens is 3. The summed E-state index contributed by atoms with van der Waals surface area (Å²) in [6.45, 7) is 2.05. The second-order valence-corrected chi connectivity index (χ2v) is 7.01. The highest BCUT2D eigenvalue weighted by atomic mass is 32.1. The van der Waals surface area contributed by atoms with Gasteiger partial charge >= 0.3 is 5.97 Å². The third-order valence-electron chi connectivity index (χ3n) is 4.01. The number of hydrogen-bond donors (Lipinski definition) is 2. The van der Waals surface area contributed by atoms with E-state index >= 15 is 0 Å². The molecule has 2 atom stereocenters. The number of carbonyl (C=O) groups excluding carboxylic acids is 2. The van der Waals surface area contributed by atoms with Crippen LogP contribution in [0.5, 0.6) is 0 Å². The number of ketones is 1. The van der Waals surface area contributed by atoms with Gasteiger partial charge in [0.2, 0.25) is 5.91 Å². The number of halogens is 1. The zero-order chi connectivity index (χ0) is 20.8. The van der Waals surface area contributed by atoms with Crippen LogP contribution in [-0.4, -0.2) is 50.2 Å². The van der Waals surface area contributed by atoms with E-state index in [-0.39, 0.29) is 18.5 Å². The maximum absolute atomic E-state index is 12.7. The lowest BCUT2D eigenvalue weighted by molar-refractivity contribution is -0.146. The fourth-order valence-corrected chi connectivity index (χ4v) is 3.23. The summed E-state index contributed by atoms with van der Waals surface area (Å²) in [6.07, 6.45) is 1.52. The second kappa shape index (κ2) is 9.31. The molecular formula is C17H19FN4O5S. The van der Waals surface area contributed by atoms with Crippen LogP contribution in [0.4, 0.5) is 4.39 Å². The lowest BCUT2D eigenvalue weighted by Gasteiger charge is -2.18. The molecule has 2 N–H and O–H groups in total. The summed E-state index contributed by atoms with van der Waals surface area (Å²) in [6, 6.07) is -0.639. The van der Waals surface area contributed by atoms with E-state index in [1.807, 2.05) is 12.2 Å². The minimum atomic E-state index is -2.01. The molecule has 2 aromatic rings. The molecule has 0 aromatic carbocycles. The van der Waals surface area contributed by atoms with E-state index in [0.717, 1.165) is 9.69 Å². The summed E-state index contributed by atoms with van der Waals surface area (Å²) < 4.78 is 13.7. The highest BCUT2D eigenvalue weighted by Crippen LogP contribution is 2.17. The van der Waals surface area contributed by atoms with E-state index in [1.54, 1.807) is 12.3 Å². The number of hydrogen-bond acceptors (Lipinski definition) is 7. The molecule has 0 bridgehead atoms. The van der Waals surface area contributed by atoms with Crippen molar-refractivity contribution < 1.29 is 23.9 Å². The maximum Gasteiger partial charge on any atom is 0.334 e. The van der Waals surface area contributed by atoms with Gasteiger partial charge in [0, 0.05) is 17.1 Å². The van der Waals surface area contributed by atoms with Gasteiger partial charge in [0.05, 0.1) is 23.2 Å². The molecule has 2 aromatic heterocycles. The molecule has 2 rings (SSSR count). The average molecular weight is 410 g/mol. The molecule has 9 nitrogen and oxygen atoms in total. The number of carboxylic acid groups (broad SMARTS) is 1. The number of amides is 1. The Hall–Kier alpha value is -2.95. The van der Waals surface area contributed by atoms with Gasteiger partial charge in [-0.3, -0.25) is 14.4 Å². The number of alkyl halides is 1. The normalized spacial score (nSPS) is 13.0. The zero-order valence-electron chi connectivity index (χ0n) is 15.2. The highest BCUT2D eigenvalue weighted by Gasteiger charge is 2.31. The van der Waals surface area contributed by atoms with Crippen LogP contribution < -0.4 is 10.9 Å². The van der Waals surface area contributed by atoms with Crippen LogP contribution in [0.25, 0.3) is 0 Å². The Labute approximate surface area is 163 Å². The monoisotopic (exact) mass is 410 g/mol. The molecule has 0 aliphatic heterocycles. The van der Waals surface area contributed by atoms with Crippen molar-refractivity contribution in [1.29, 1.82) is 0 Å². The Morgan fingerprint density at radius 2 is 2.11 bits per heavy atom. The van der Waals surface area contributed by atoms with Gasteiger partial charge in [0.25, 0.3) is 5.56 Å². The Bertz CT molecular complexity index is 942. The summed E-state index contributed by atoms with van der Waals surface area (Å²) >= 11 is 1.43. The van der Waals surface area contributed by atoms with Gasteiger partial charge in [0.15, 0.2) is 18.5 Å². The fourth-order valence-electron chi connectivity index (χ4n) is 2.63. The summed E-state index contributed by atoms with van der Waals surface area (Å²) in [7, 11) is 0. The van der Waals surface area contributed by atoms with E-state index in [2.05, 4.69) is 10.1 Å². The van der Waals surface area contributed by atoms with E-state index in [4.69, 9.17) is 5.11 Å². The molecule has 0 saturated carbocycles. The molecule has 11 heteroatoms. The van der Waals surface area contributed by atoms with E-state index in [0.29, 0.717) is 5.69 Å². The first-order chi connectivity index (χ1) is 13.3. The maximum atomic E-state index is 12.7. The third kappa shape index (κ3) is 4.85. The van der Waals surface area contributed by atoms with Gasteiger partial charge in [-0.05, 0) is 19.4 Å². The number of carbonyl (C=O) groups is 3. The molecule has 0 spiro atoms.